The van der Waals surface area contributed by atoms with E-state index in [1.807, 2.05) is 30.3 Å². The van der Waals surface area contributed by atoms with E-state index in [9.17, 15) is 19.8 Å². The van der Waals surface area contributed by atoms with Crippen molar-refractivity contribution < 1.29 is 19.8 Å². The molecular weight excluding hydrogens is 318 g/mol. The summed E-state index contributed by atoms with van der Waals surface area (Å²) < 4.78 is 0. The molecule has 0 radical (unpaired) electrons. The molecule has 3 N–H and O–H groups in total. The summed E-state index contributed by atoms with van der Waals surface area (Å²) in [5.41, 5.74) is 3.44. The van der Waals surface area contributed by atoms with Crippen molar-refractivity contribution in [2.24, 2.45) is 0 Å². The van der Waals surface area contributed by atoms with Gasteiger partial charge in [-0.2, -0.15) is 0 Å². The SMILES string of the molecule is CC(=O)NC(C(=O)O)c1cccc(-c2ccc(C3(CO)CC3)cc2)c1. The fourth-order valence-electron chi connectivity index (χ4n) is 3.09. The lowest BCUT2D eigenvalue weighted by Gasteiger charge is -2.15. The number of hydrogen-bond acceptors (Lipinski definition) is 3. The third kappa shape index (κ3) is 3.56. The van der Waals surface area contributed by atoms with Crippen LogP contribution in [0.5, 0.6) is 0 Å². The van der Waals surface area contributed by atoms with E-state index in [-0.39, 0.29) is 17.9 Å². The van der Waals surface area contributed by atoms with Crippen LogP contribution in [-0.2, 0) is 15.0 Å². The molecule has 1 unspecified atom stereocenters. The Morgan fingerprint density at radius 3 is 2.32 bits per heavy atom. The normalized spacial score (nSPS) is 16.1. The molecule has 1 aliphatic rings. The summed E-state index contributed by atoms with van der Waals surface area (Å²) in [5, 5.41) is 21.3. The summed E-state index contributed by atoms with van der Waals surface area (Å²) in [4.78, 5) is 22.7. The van der Waals surface area contributed by atoms with Crippen molar-refractivity contribution in [3.05, 3.63) is 59.7 Å². The highest BCUT2D eigenvalue weighted by atomic mass is 16.4. The molecule has 25 heavy (non-hydrogen) atoms. The van der Waals surface area contributed by atoms with Gasteiger partial charge in [-0.3, -0.25) is 4.79 Å². The van der Waals surface area contributed by atoms with Crippen molar-refractivity contribution in [2.75, 3.05) is 6.61 Å². The van der Waals surface area contributed by atoms with Crippen LogP contribution < -0.4 is 5.32 Å². The minimum atomic E-state index is -1.10. The topological polar surface area (TPSA) is 86.6 Å². The van der Waals surface area contributed by atoms with Gasteiger partial charge in [0.25, 0.3) is 0 Å². The Hall–Kier alpha value is -2.66. The van der Waals surface area contributed by atoms with Crippen molar-refractivity contribution in [1.29, 1.82) is 0 Å². The first-order valence-corrected chi connectivity index (χ1v) is 8.27. The molecule has 0 saturated heterocycles. The van der Waals surface area contributed by atoms with Crippen LogP contribution in [0, 0.1) is 0 Å². The molecule has 5 heteroatoms. The van der Waals surface area contributed by atoms with E-state index in [2.05, 4.69) is 5.32 Å². The number of amides is 1. The van der Waals surface area contributed by atoms with E-state index in [1.165, 1.54) is 6.92 Å². The molecule has 1 atom stereocenters. The second-order valence-electron chi connectivity index (χ2n) is 6.61. The zero-order chi connectivity index (χ0) is 18.0. The standard InChI is InChI=1S/C20H21NO4/c1-13(23)21-18(19(24)25)16-4-2-3-15(11-16)14-5-7-17(8-6-14)20(12-22)9-10-20/h2-8,11,18,22H,9-10,12H2,1H3,(H,21,23)(H,24,25). The highest BCUT2D eigenvalue weighted by Crippen LogP contribution is 2.47. The first-order chi connectivity index (χ1) is 11.9. The van der Waals surface area contributed by atoms with Crippen LogP contribution in [-0.4, -0.2) is 28.7 Å². The first kappa shape index (κ1) is 17.2. The first-order valence-electron chi connectivity index (χ1n) is 8.27. The molecule has 1 saturated carbocycles. The monoisotopic (exact) mass is 339 g/mol. The molecule has 0 spiro atoms. The maximum atomic E-state index is 11.4. The number of aliphatic hydroxyl groups excluding tert-OH is 1. The number of carboxylic acid groups (broad SMARTS) is 1. The van der Waals surface area contributed by atoms with Crippen molar-refractivity contribution in [2.45, 2.75) is 31.2 Å². The van der Waals surface area contributed by atoms with E-state index in [1.54, 1.807) is 18.2 Å². The largest absolute Gasteiger partial charge is 0.479 e. The molecule has 1 fully saturated rings. The van der Waals surface area contributed by atoms with E-state index < -0.39 is 12.0 Å². The molecule has 0 aliphatic heterocycles. The van der Waals surface area contributed by atoms with E-state index in [4.69, 9.17) is 0 Å². The molecule has 2 aromatic rings. The minimum Gasteiger partial charge on any atom is -0.479 e. The Balaban J connectivity index is 1.88. The summed E-state index contributed by atoms with van der Waals surface area (Å²) in [7, 11) is 0. The number of aliphatic hydroxyl groups is 1. The fourth-order valence-corrected chi connectivity index (χ4v) is 3.09. The van der Waals surface area contributed by atoms with Gasteiger partial charge in [-0.25, -0.2) is 4.79 Å². The van der Waals surface area contributed by atoms with Crippen LogP contribution >= 0.6 is 0 Å². The Bertz CT molecular complexity index is 794. The fraction of sp³-hybridized carbons (Fsp3) is 0.300. The highest BCUT2D eigenvalue weighted by molar-refractivity contribution is 5.83. The van der Waals surface area contributed by atoms with Gasteiger partial charge in [-0.1, -0.05) is 42.5 Å². The van der Waals surface area contributed by atoms with E-state index >= 15 is 0 Å². The molecule has 3 rings (SSSR count). The maximum Gasteiger partial charge on any atom is 0.330 e. The second kappa shape index (κ2) is 6.69. The van der Waals surface area contributed by atoms with Crippen molar-refractivity contribution in [1.82, 2.24) is 5.32 Å². The van der Waals surface area contributed by atoms with E-state index in [0.717, 1.165) is 29.5 Å². The highest BCUT2D eigenvalue weighted by Gasteiger charge is 2.43. The number of rotatable bonds is 6. The van der Waals surface area contributed by atoms with Gasteiger partial charge < -0.3 is 15.5 Å². The third-order valence-electron chi connectivity index (χ3n) is 4.80. The van der Waals surface area contributed by atoms with Crippen molar-refractivity contribution in [3.63, 3.8) is 0 Å². The number of benzene rings is 2. The van der Waals surface area contributed by atoms with Gasteiger partial charge in [0.15, 0.2) is 6.04 Å². The summed E-state index contributed by atoms with van der Waals surface area (Å²) in [5.74, 6) is -1.48. The maximum absolute atomic E-state index is 11.4. The lowest BCUT2D eigenvalue weighted by atomic mass is 9.93. The molecule has 1 aliphatic carbocycles. The molecule has 5 nitrogen and oxygen atoms in total. The minimum absolute atomic E-state index is 0.0693. The molecule has 0 aromatic heterocycles. The molecular formula is C20H21NO4. The molecule has 130 valence electrons. The molecule has 0 bridgehead atoms. The van der Waals surface area contributed by atoms with Crippen LogP contribution in [0.15, 0.2) is 48.5 Å². The zero-order valence-corrected chi connectivity index (χ0v) is 14.0. The number of carboxylic acids is 1. The van der Waals surface area contributed by atoms with Crippen LogP contribution in [0.2, 0.25) is 0 Å². The smallest absolute Gasteiger partial charge is 0.330 e. The predicted molar refractivity (Wildman–Crippen MR) is 94.1 cm³/mol. The molecule has 2 aromatic carbocycles. The van der Waals surface area contributed by atoms with Crippen LogP contribution in [0.1, 0.15) is 36.9 Å². The van der Waals surface area contributed by atoms with Crippen LogP contribution in [0.4, 0.5) is 0 Å². The van der Waals surface area contributed by atoms with Gasteiger partial charge >= 0.3 is 5.97 Å². The number of carbonyl (C=O) groups excluding carboxylic acids is 1. The number of carbonyl (C=O) groups is 2. The number of hydrogen-bond donors (Lipinski definition) is 3. The summed E-state index contributed by atoms with van der Waals surface area (Å²) in [6.45, 7) is 1.46. The summed E-state index contributed by atoms with van der Waals surface area (Å²) >= 11 is 0. The van der Waals surface area contributed by atoms with Gasteiger partial charge in [0, 0.05) is 12.3 Å². The van der Waals surface area contributed by atoms with Crippen LogP contribution in [0.25, 0.3) is 11.1 Å². The van der Waals surface area contributed by atoms with Gasteiger partial charge in [0.05, 0.1) is 6.61 Å². The number of nitrogens with one attached hydrogen (secondary N) is 1. The van der Waals surface area contributed by atoms with Gasteiger partial charge in [0.1, 0.15) is 0 Å². The van der Waals surface area contributed by atoms with Crippen LogP contribution in [0.3, 0.4) is 0 Å². The average Bonchev–Trinajstić information content (AvgIpc) is 3.41. The quantitative estimate of drug-likeness (QED) is 0.755. The predicted octanol–water partition coefficient (Wildman–Crippen LogP) is 2.64. The number of aliphatic carboxylic acids is 1. The van der Waals surface area contributed by atoms with Crippen molar-refractivity contribution >= 4 is 11.9 Å². The molecule has 1 amide bonds. The third-order valence-corrected chi connectivity index (χ3v) is 4.80. The van der Waals surface area contributed by atoms with Gasteiger partial charge in [0.2, 0.25) is 5.91 Å². The summed E-state index contributed by atoms with van der Waals surface area (Å²) in [6, 6.07) is 14.1. The lowest BCUT2D eigenvalue weighted by molar-refractivity contribution is -0.141. The van der Waals surface area contributed by atoms with Gasteiger partial charge in [-0.05, 0) is 41.2 Å². The Morgan fingerprint density at radius 2 is 1.80 bits per heavy atom. The lowest BCUT2D eigenvalue weighted by Crippen LogP contribution is -2.31. The van der Waals surface area contributed by atoms with Crippen molar-refractivity contribution in [3.8, 4) is 11.1 Å². The average molecular weight is 339 g/mol. The Labute approximate surface area is 146 Å². The summed E-state index contributed by atoms with van der Waals surface area (Å²) in [6.07, 6.45) is 2.02. The Kier molecular flexibility index (Phi) is 4.59. The second-order valence-corrected chi connectivity index (χ2v) is 6.61. The Morgan fingerprint density at radius 1 is 1.12 bits per heavy atom. The zero-order valence-electron chi connectivity index (χ0n) is 14.0. The molecule has 0 heterocycles. The van der Waals surface area contributed by atoms with Gasteiger partial charge in [-0.15, -0.1) is 0 Å². The van der Waals surface area contributed by atoms with E-state index in [0.29, 0.717) is 5.56 Å².